The van der Waals surface area contributed by atoms with Gasteiger partial charge < -0.3 is 14.7 Å². The van der Waals surface area contributed by atoms with Gasteiger partial charge in [-0.25, -0.2) is 0 Å². The standard InChI is InChI=1S/C82H66BN3S2Si/c1-81(2,3)56-43-46-59(47-44-56)85-73-53-64(89(61-31-16-9-17-32-61,62-33-18-10-19-34-62)63-35-20-11-21-36-63)54-74-77(73)83(80-78(85)68-51-57(82(4,5)6)45-50-76(68)88-80)69-49-48-60(52-72(69)86(74)71-41-26-39-67-66-38-23-25-42-75(66)87-79(67)71)84(58-29-14-8-15-30-58)70-40-24-22-37-65(70)55-27-12-7-13-28-55/h7-54H,1-6H3. The Morgan fingerprint density at radius 1 is 0.382 bits per heavy atom. The minimum atomic E-state index is -3.25. The van der Waals surface area contributed by atoms with Crippen LogP contribution in [0.5, 0.6) is 0 Å². The number of hydrogen-bond acceptors (Lipinski definition) is 5. The molecule has 0 fully saturated rings. The maximum atomic E-state index is 2.71. The summed E-state index contributed by atoms with van der Waals surface area (Å²) in [5, 5.41) is 9.15. The van der Waals surface area contributed by atoms with Crippen molar-refractivity contribution in [2.75, 3.05) is 14.7 Å². The zero-order valence-electron chi connectivity index (χ0n) is 50.9. The Bertz CT molecular complexity index is 4900. The predicted octanol–water partition coefficient (Wildman–Crippen LogP) is 18.5. The summed E-state index contributed by atoms with van der Waals surface area (Å²) in [6.07, 6.45) is 0. The Morgan fingerprint density at radius 2 is 0.933 bits per heavy atom. The third kappa shape index (κ3) is 8.96. The number of thiophene rings is 2. The van der Waals surface area contributed by atoms with E-state index in [0.29, 0.717) is 0 Å². The normalized spacial score (nSPS) is 13.0. The molecule has 0 saturated carbocycles. The second-order valence-corrected chi connectivity index (χ2v) is 31.9. The predicted molar refractivity (Wildman–Crippen MR) is 390 cm³/mol. The molecule has 428 valence electrons. The number of anilines is 9. The van der Waals surface area contributed by atoms with Gasteiger partial charge in [0.1, 0.15) is 0 Å². The molecule has 2 aromatic heterocycles. The van der Waals surface area contributed by atoms with E-state index in [0.717, 1.165) is 28.3 Å². The molecule has 12 aromatic carbocycles. The van der Waals surface area contributed by atoms with Crippen molar-refractivity contribution in [3.8, 4) is 11.1 Å². The lowest BCUT2D eigenvalue weighted by atomic mass is 9.36. The van der Waals surface area contributed by atoms with Crippen molar-refractivity contribution in [1.29, 1.82) is 0 Å². The summed E-state index contributed by atoms with van der Waals surface area (Å²) in [6.45, 7) is 13.9. The van der Waals surface area contributed by atoms with Gasteiger partial charge in [0.2, 0.25) is 0 Å². The first-order valence-corrected chi connectivity index (χ1v) is 34.7. The molecule has 0 saturated heterocycles. The van der Waals surface area contributed by atoms with Crippen molar-refractivity contribution in [2.45, 2.75) is 52.4 Å². The van der Waals surface area contributed by atoms with Crippen LogP contribution in [0.1, 0.15) is 52.7 Å². The van der Waals surface area contributed by atoms with E-state index in [1.807, 2.05) is 22.7 Å². The first-order chi connectivity index (χ1) is 43.4. The monoisotopic (exact) mass is 1200 g/mol. The molecule has 2 aliphatic heterocycles. The molecular formula is C82H66BN3S2Si. The second kappa shape index (κ2) is 21.4. The van der Waals surface area contributed by atoms with Crippen LogP contribution in [0.2, 0.25) is 0 Å². The lowest BCUT2D eigenvalue weighted by Gasteiger charge is -2.45. The van der Waals surface area contributed by atoms with E-state index in [9.17, 15) is 0 Å². The van der Waals surface area contributed by atoms with Crippen LogP contribution in [0.3, 0.4) is 0 Å². The van der Waals surface area contributed by atoms with Crippen molar-refractivity contribution in [3.05, 3.63) is 302 Å². The molecule has 0 bridgehead atoms. The Morgan fingerprint density at radius 3 is 1.58 bits per heavy atom. The third-order valence-corrected chi connectivity index (χ3v) is 25.9. The van der Waals surface area contributed by atoms with E-state index >= 15 is 0 Å². The SMILES string of the molecule is CC(C)(C)c1ccc(N2c3cc([Si](c4ccccc4)(c4ccccc4)c4ccccc4)cc4c3B(c3ccc(N(c5ccccc5)c5ccccc5-c5ccccc5)cc3N4c3cccc4c3sc3ccccc34)c3sc4ccc(C(C)(C)C)cc4c32)cc1. The number of para-hydroxylation sites is 2. The van der Waals surface area contributed by atoms with Gasteiger partial charge in [0.25, 0.3) is 6.71 Å². The highest BCUT2D eigenvalue weighted by molar-refractivity contribution is 7.34. The Labute approximate surface area is 532 Å². The third-order valence-electron chi connectivity index (χ3n) is 18.7. The number of benzene rings is 12. The van der Waals surface area contributed by atoms with E-state index in [2.05, 4.69) is 347 Å². The maximum Gasteiger partial charge on any atom is 0.264 e. The van der Waals surface area contributed by atoms with Crippen LogP contribution in [0.15, 0.2) is 291 Å². The minimum Gasteiger partial charge on any atom is -0.310 e. The summed E-state index contributed by atoms with van der Waals surface area (Å²) in [5.41, 5.74) is 17.9. The summed E-state index contributed by atoms with van der Waals surface area (Å²) in [5.74, 6) is 0. The van der Waals surface area contributed by atoms with Crippen LogP contribution in [0, 0.1) is 0 Å². The van der Waals surface area contributed by atoms with Crippen LogP contribution >= 0.6 is 22.7 Å². The van der Waals surface area contributed by atoms with Gasteiger partial charge in [0.05, 0.1) is 21.8 Å². The Hall–Kier alpha value is -9.50. The van der Waals surface area contributed by atoms with E-state index < -0.39 is 8.07 Å². The van der Waals surface area contributed by atoms with Crippen molar-refractivity contribution in [1.82, 2.24) is 0 Å². The molecule has 0 unspecified atom stereocenters. The van der Waals surface area contributed by atoms with Crippen LogP contribution in [0.4, 0.5) is 51.2 Å². The van der Waals surface area contributed by atoms with Gasteiger partial charge in [-0.05, 0) is 138 Å². The molecule has 3 nitrogen and oxygen atoms in total. The minimum absolute atomic E-state index is 0.0326. The lowest BCUT2D eigenvalue weighted by Crippen LogP contribution is -2.75. The summed E-state index contributed by atoms with van der Waals surface area (Å²) in [7, 11) is -3.25. The molecule has 0 N–H and O–H groups in total. The van der Waals surface area contributed by atoms with E-state index in [1.165, 1.54) is 112 Å². The van der Waals surface area contributed by atoms with E-state index in [1.54, 1.807) is 0 Å². The number of hydrogen-bond donors (Lipinski definition) is 0. The van der Waals surface area contributed by atoms with Crippen LogP contribution in [-0.2, 0) is 10.8 Å². The van der Waals surface area contributed by atoms with Crippen molar-refractivity contribution in [3.63, 3.8) is 0 Å². The van der Waals surface area contributed by atoms with Gasteiger partial charge in [0, 0.05) is 70.0 Å². The first kappa shape index (κ1) is 54.9. The highest BCUT2D eigenvalue weighted by Gasteiger charge is 2.49. The number of rotatable bonds is 10. The molecule has 0 spiro atoms. The van der Waals surface area contributed by atoms with Crippen LogP contribution < -0.4 is 51.1 Å². The van der Waals surface area contributed by atoms with Crippen molar-refractivity contribution < 1.29 is 0 Å². The fourth-order valence-electron chi connectivity index (χ4n) is 14.4. The summed E-state index contributed by atoms with van der Waals surface area (Å²) in [4.78, 5) is 7.89. The first-order valence-electron chi connectivity index (χ1n) is 31.1. The van der Waals surface area contributed by atoms with Crippen molar-refractivity contribution in [2.24, 2.45) is 0 Å². The molecule has 0 aliphatic carbocycles. The van der Waals surface area contributed by atoms with E-state index in [-0.39, 0.29) is 17.5 Å². The van der Waals surface area contributed by atoms with Gasteiger partial charge in [0.15, 0.2) is 8.07 Å². The molecule has 0 radical (unpaired) electrons. The van der Waals surface area contributed by atoms with Crippen molar-refractivity contribution >= 4 is 155 Å². The lowest BCUT2D eigenvalue weighted by molar-refractivity contribution is 0.590. The molecule has 0 amide bonds. The molecular weight excluding hydrogens is 1130 g/mol. The van der Waals surface area contributed by atoms with Gasteiger partial charge in [-0.3, -0.25) is 0 Å². The molecule has 0 atom stereocenters. The molecule has 16 rings (SSSR count). The zero-order chi connectivity index (χ0) is 60.2. The number of fused-ring (bicyclic) bond motifs is 9. The van der Waals surface area contributed by atoms with Gasteiger partial charge in [-0.1, -0.05) is 254 Å². The summed E-state index contributed by atoms with van der Waals surface area (Å²) < 4.78 is 5.19. The second-order valence-electron chi connectivity index (χ2n) is 26.0. The quantitative estimate of drug-likeness (QED) is 0.0998. The van der Waals surface area contributed by atoms with Crippen LogP contribution in [-0.4, -0.2) is 14.8 Å². The number of nitrogens with zero attached hydrogens (tertiary/aromatic N) is 3. The summed E-state index contributed by atoms with van der Waals surface area (Å²) >= 11 is 3.88. The molecule has 89 heavy (non-hydrogen) atoms. The molecule has 4 heterocycles. The highest BCUT2D eigenvalue weighted by Crippen LogP contribution is 2.52. The van der Waals surface area contributed by atoms with Gasteiger partial charge >= 0.3 is 0 Å². The summed E-state index contributed by atoms with van der Waals surface area (Å²) in [6, 6.07) is 111. The molecule has 14 aromatic rings. The highest BCUT2D eigenvalue weighted by atomic mass is 32.1. The van der Waals surface area contributed by atoms with E-state index in [4.69, 9.17) is 0 Å². The Kier molecular flexibility index (Phi) is 13.2. The molecule has 2 aliphatic rings. The smallest absolute Gasteiger partial charge is 0.264 e. The topological polar surface area (TPSA) is 9.72 Å². The fourth-order valence-corrected chi connectivity index (χ4v) is 21.7. The average Bonchev–Trinajstić information content (AvgIpc) is 1.68. The fraction of sp³-hybridized carbons (Fsp3) is 0.0976. The molecule has 7 heteroatoms. The van der Waals surface area contributed by atoms with Crippen LogP contribution in [0.25, 0.3) is 41.4 Å². The maximum absolute atomic E-state index is 3.25. The van der Waals surface area contributed by atoms with Gasteiger partial charge in [-0.2, -0.15) is 0 Å². The zero-order valence-corrected chi connectivity index (χ0v) is 53.6. The largest absolute Gasteiger partial charge is 0.310 e. The Balaban J connectivity index is 1.09. The average molecular weight is 1200 g/mol. The van der Waals surface area contributed by atoms with Gasteiger partial charge in [-0.15, -0.1) is 22.7 Å².